The summed E-state index contributed by atoms with van der Waals surface area (Å²) in [6, 6.07) is 8.08. The van der Waals surface area contributed by atoms with Gasteiger partial charge < -0.3 is 10.4 Å². The van der Waals surface area contributed by atoms with E-state index >= 15 is 0 Å². The molecule has 3 aromatic rings. The minimum Gasteiger partial charge on any atom is -0.477 e. The molecular weight excluding hydrogens is 512 g/mol. The second-order valence-electron chi connectivity index (χ2n) is 7.49. The highest BCUT2D eigenvalue weighted by Gasteiger charge is 2.53. The maximum absolute atomic E-state index is 12.7. The fourth-order valence-electron chi connectivity index (χ4n) is 3.71. The number of rotatable bonds is 7. The number of β-lactam (4-membered cyclic amide) rings is 1. The number of nitrogens with zero attached hydrogens (tertiary/aromatic N) is 5. The number of benzene rings is 1. The number of carbonyl (C=O) groups excluding carboxylic acids is 2. The number of fused-ring (bicyclic) bond motifs is 2. The number of allylic oxidation sites excluding steroid dienone is 1. The van der Waals surface area contributed by atoms with Crippen LogP contribution in [0.5, 0.6) is 0 Å². The normalized spacial score (nSPS) is 19.7. The minimum atomic E-state index is -1.22. The summed E-state index contributed by atoms with van der Waals surface area (Å²) in [7, 11) is 0. The monoisotopic (exact) mass is 528 g/mol. The van der Waals surface area contributed by atoms with Crippen molar-refractivity contribution in [2.75, 3.05) is 5.75 Å². The van der Waals surface area contributed by atoms with E-state index in [1.807, 2.05) is 18.2 Å². The van der Waals surface area contributed by atoms with Gasteiger partial charge in [0.25, 0.3) is 5.91 Å². The van der Waals surface area contributed by atoms with Crippen molar-refractivity contribution in [3.8, 4) is 0 Å². The van der Waals surface area contributed by atoms with Crippen LogP contribution < -0.4 is 10.7 Å². The van der Waals surface area contributed by atoms with Crippen molar-refractivity contribution < 1.29 is 19.5 Å². The summed E-state index contributed by atoms with van der Waals surface area (Å²) in [5.41, 5.74) is 0.301. The van der Waals surface area contributed by atoms with Crippen molar-refractivity contribution in [1.82, 2.24) is 30.4 Å². The van der Waals surface area contributed by atoms with E-state index in [1.54, 1.807) is 23.6 Å². The second kappa shape index (κ2) is 9.64. The lowest BCUT2D eigenvalue weighted by Gasteiger charge is -2.49. The van der Waals surface area contributed by atoms with Crippen LogP contribution in [0.4, 0.5) is 0 Å². The Morgan fingerprint density at radius 2 is 2.11 bits per heavy atom. The van der Waals surface area contributed by atoms with E-state index in [2.05, 4.69) is 20.8 Å². The zero-order valence-electron chi connectivity index (χ0n) is 17.7. The molecule has 35 heavy (non-hydrogen) atoms. The van der Waals surface area contributed by atoms with Gasteiger partial charge in [-0.1, -0.05) is 23.9 Å². The zero-order chi connectivity index (χ0) is 24.5. The Hall–Kier alpha value is -3.49. The number of hydrogen-bond acceptors (Lipinski definition) is 10. The van der Waals surface area contributed by atoms with E-state index in [0.717, 1.165) is 8.91 Å². The summed E-state index contributed by atoms with van der Waals surface area (Å²) < 4.78 is 2.87. The largest absolute Gasteiger partial charge is 0.477 e. The van der Waals surface area contributed by atoms with Gasteiger partial charge in [0, 0.05) is 21.9 Å². The molecule has 2 N–H and O–H groups in total. The van der Waals surface area contributed by atoms with Crippen molar-refractivity contribution in [3.05, 3.63) is 69.6 Å². The molecule has 178 valence electrons. The van der Waals surface area contributed by atoms with Crippen molar-refractivity contribution in [1.29, 1.82) is 0 Å². The molecule has 2 atom stereocenters. The Morgan fingerprint density at radius 3 is 2.89 bits per heavy atom. The number of thioether (sulfide) groups is 2. The number of aromatic nitrogens is 4. The maximum Gasteiger partial charge on any atom is 0.352 e. The van der Waals surface area contributed by atoms with Crippen molar-refractivity contribution >= 4 is 62.7 Å². The molecule has 0 bridgehead atoms. The van der Waals surface area contributed by atoms with Gasteiger partial charge in [-0.2, -0.15) is 0 Å². The first-order chi connectivity index (χ1) is 16.9. The number of tetrazole rings is 1. The fourth-order valence-corrected chi connectivity index (χ4v) is 7.01. The van der Waals surface area contributed by atoms with Crippen molar-refractivity contribution in [3.63, 3.8) is 0 Å². The van der Waals surface area contributed by atoms with E-state index in [9.17, 15) is 24.3 Å². The molecule has 2 aliphatic rings. The quantitative estimate of drug-likeness (QED) is 0.340. The molecule has 2 aromatic heterocycles. The Bertz CT molecular complexity index is 1450. The SMILES string of the molecule is O=C(Cn1cnnn1)NC1C(=O)N2C(C(=O)O)=C(C=CSc3cc(=O)c4ccccc4s3)CS[C@H]12. The van der Waals surface area contributed by atoms with Crippen molar-refractivity contribution in [2.24, 2.45) is 0 Å². The number of hydrogen-bond donors (Lipinski definition) is 2. The van der Waals surface area contributed by atoms with E-state index in [1.165, 1.54) is 50.8 Å². The van der Waals surface area contributed by atoms with Crippen molar-refractivity contribution in [2.45, 2.75) is 22.2 Å². The van der Waals surface area contributed by atoms with Crippen LogP contribution >= 0.6 is 34.9 Å². The third-order valence-corrected chi connectivity index (χ3v) is 8.64. The maximum atomic E-state index is 12.7. The molecule has 0 aliphatic carbocycles. The van der Waals surface area contributed by atoms with E-state index in [4.69, 9.17) is 0 Å². The standard InChI is InChI=1S/C21H16N6O5S3/c28-13-7-16(35-14-4-2-1-3-12(13)14)33-6-5-11-9-34-20-17(19(30)27(20)18(11)21(31)32)23-15(29)8-26-10-22-24-25-26/h1-7,10,17,20H,8-9H2,(H,23,29)(H,31,32)/t17?,20-/m1/s1. The summed E-state index contributed by atoms with van der Waals surface area (Å²) >= 11 is 4.15. The molecular formula is C21H16N6O5S3. The van der Waals surface area contributed by atoms with Gasteiger partial charge in [-0.3, -0.25) is 19.3 Å². The fraction of sp³-hybridized carbons (Fsp3) is 0.190. The van der Waals surface area contributed by atoms with Gasteiger partial charge in [0.1, 0.15) is 30.0 Å². The summed E-state index contributed by atoms with van der Waals surface area (Å²) in [6.45, 7) is -0.151. The van der Waals surface area contributed by atoms with Gasteiger partial charge in [0.15, 0.2) is 5.43 Å². The van der Waals surface area contributed by atoms with Gasteiger partial charge in [-0.15, -0.1) is 28.2 Å². The van der Waals surface area contributed by atoms with Crippen LogP contribution in [-0.4, -0.2) is 65.2 Å². The molecule has 1 unspecified atom stereocenters. The smallest absolute Gasteiger partial charge is 0.352 e. The molecule has 1 aromatic carbocycles. The lowest BCUT2D eigenvalue weighted by molar-refractivity contribution is -0.150. The van der Waals surface area contributed by atoms with Crippen LogP contribution in [0.15, 0.2) is 68.4 Å². The van der Waals surface area contributed by atoms with Gasteiger partial charge in [0.2, 0.25) is 5.91 Å². The minimum absolute atomic E-state index is 0.0731. The highest BCUT2D eigenvalue weighted by Crippen LogP contribution is 2.41. The van der Waals surface area contributed by atoms with E-state index in [0.29, 0.717) is 16.7 Å². The third kappa shape index (κ3) is 4.59. The Labute approximate surface area is 209 Å². The van der Waals surface area contributed by atoms with Crippen LogP contribution in [-0.2, 0) is 20.9 Å². The van der Waals surface area contributed by atoms with Crippen LogP contribution in [0.2, 0.25) is 0 Å². The Kier molecular flexibility index (Phi) is 6.40. The molecule has 0 spiro atoms. The molecule has 0 radical (unpaired) electrons. The number of carboxylic acids is 1. The number of amides is 2. The van der Waals surface area contributed by atoms with Crippen LogP contribution in [0.25, 0.3) is 10.1 Å². The molecule has 5 rings (SSSR count). The number of carboxylic acid groups (broad SMARTS) is 1. The molecule has 0 saturated carbocycles. The number of nitrogens with one attached hydrogen (secondary N) is 1. The van der Waals surface area contributed by atoms with Gasteiger partial charge in [-0.25, -0.2) is 9.48 Å². The topological polar surface area (TPSA) is 147 Å². The highest BCUT2D eigenvalue weighted by molar-refractivity contribution is 8.04. The van der Waals surface area contributed by atoms with E-state index < -0.39 is 29.2 Å². The molecule has 2 aliphatic heterocycles. The first kappa shape index (κ1) is 23.3. The number of aliphatic carboxylic acids is 1. The van der Waals surface area contributed by atoms with Gasteiger partial charge in [-0.05, 0) is 39.6 Å². The van der Waals surface area contributed by atoms with E-state index in [-0.39, 0.29) is 17.7 Å². The predicted octanol–water partition coefficient (Wildman–Crippen LogP) is 1.29. The van der Waals surface area contributed by atoms with Crippen LogP contribution in [0, 0.1) is 0 Å². The molecule has 11 nitrogen and oxygen atoms in total. The molecule has 2 amide bonds. The summed E-state index contributed by atoms with van der Waals surface area (Å²) in [6.07, 6.45) is 2.93. The summed E-state index contributed by atoms with van der Waals surface area (Å²) in [5.74, 6) is -1.81. The predicted molar refractivity (Wildman–Crippen MR) is 131 cm³/mol. The summed E-state index contributed by atoms with van der Waals surface area (Å²) in [5, 5.41) is 24.8. The Morgan fingerprint density at radius 1 is 1.29 bits per heavy atom. The second-order valence-corrected chi connectivity index (χ2v) is 10.9. The summed E-state index contributed by atoms with van der Waals surface area (Å²) in [4.78, 5) is 50.5. The first-order valence-electron chi connectivity index (χ1n) is 10.2. The third-order valence-electron chi connectivity index (χ3n) is 5.28. The first-order valence-corrected chi connectivity index (χ1v) is 12.9. The average molecular weight is 529 g/mol. The molecule has 14 heteroatoms. The van der Waals surface area contributed by atoms with Crippen LogP contribution in [0.3, 0.4) is 0 Å². The average Bonchev–Trinajstić information content (AvgIpc) is 3.35. The lowest BCUT2D eigenvalue weighted by Crippen LogP contribution is -2.70. The molecule has 4 heterocycles. The van der Waals surface area contributed by atoms with Gasteiger partial charge in [0.05, 0.1) is 4.21 Å². The zero-order valence-corrected chi connectivity index (χ0v) is 20.2. The highest BCUT2D eigenvalue weighted by atomic mass is 32.2. The number of carbonyl (C=O) groups is 3. The van der Waals surface area contributed by atoms with Crippen LogP contribution in [0.1, 0.15) is 0 Å². The molecule has 1 fully saturated rings. The molecule has 1 saturated heterocycles. The Balaban J connectivity index is 1.30. The van der Waals surface area contributed by atoms with Gasteiger partial charge >= 0.3 is 5.97 Å². The lowest BCUT2D eigenvalue weighted by atomic mass is 10.0.